The Morgan fingerprint density at radius 2 is 1.68 bits per heavy atom. The van der Waals surface area contributed by atoms with Crippen molar-refractivity contribution in [2.45, 2.75) is 18.4 Å². The van der Waals surface area contributed by atoms with Gasteiger partial charge in [0, 0.05) is 6.54 Å². The van der Waals surface area contributed by atoms with E-state index in [1.165, 1.54) is 0 Å². The summed E-state index contributed by atoms with van der Waals surface area (Å²) in [5.74, 6) is 0. The number of nitrogens with one attached hydrogen (secondary N) is 1. The Bertz CT molecular complexity index is 661. The van der Waals surface area contributed by atoms with Gasteiger partial charge in [0.15, 0.2) is 0 Å². The van der Waals surface area contributed by atoms with Gasteiger partial charge in [-0.05, 0) is 37.1 Å². The van der Waals surface area contributed by atoms with Gasteiger partial charge in [-0.1, -0.05) is 42.0 Å². The molecule has 2 aromatic rings. The molecule has 99 valence electrons. The van der Waals surface area contributed by atoms with Crippen LogP contribution in [0.5, 0.6) is 0 Å². The van der Waals surface area contributed by atoms with E-state index in [0.717, 1.165) is 16.7 Å². The molecule has 0 saturated carbocycles. The average molecular weight is 274 g/mol. The molecule has 0 aliphatic rings. The van der Waals surface area contributed by atoms with E-state index in [2.05, 4.69) is 11.6 Å². The SMILES string of the molecule is [CH2]c1ccccc1CNS(=O)(=O)c1ccc(C)cc1. The number of hydrogen-bond donors (Lipinski definition) is 1. The van der Waals surface area contributed by atoms with Gasteiger partial charge in [0.05, 0.1) is 4.90 Å². The van der Waals surface area contributed by atoms with Crippen LogP contribution in [0.1, 0.15) is 16.7 Å². The molecule has 0 bridgehead atoms. The van der Waals surface area contributed by atoms with E-state index in [4.69, 9.17) is 0 Å². The van der Waals surface area contributed by atoms with Crippen LogP contribution in [0.15, 0.2) is 53.4 Å². The van der Waals surface area contributed by atoms with Gasteiger partial charge in [0.1, 0.15) is 0 Å². The van der Waals surface area contributed by atoms with Crippen molar-refractivity contribution in [1.29, 1.82) is 0 Å². The Labute approximate surface area is 114 Å². The Kier molecular flexibility index (Phi) is 4.02. The fourth-order valence-corrected chi connectivity index (χ4v) is 2.71. The van der Waals surface area contributed by atoms with Crippen LogP contribution in [0, 0.1) is 13.8 Å². The fraction of sp³-hybridized carbons (Fsp3) is 0.133. The predicted molar refractivity (Wildman–Crippen MR) is 76.1 cm³/mol. The molecular weight excluding hydrogens is 258 g/mol. The highest BCUT2D eigenvalue weighted by Gasteiger charge is 2.13. The molecular formula is C15H16NO2S. The lowest BCUT2D eigenvalue weighted by Crippen LogP contribution is -2.23. The van der Waals surface area contributed by atoms with Crippen LogP contribution < -0.4 is 4.72 Å². The molecule has 3 nitrogen and oxygen atoms in total. The minimum atomic E-state index is -3.47. The van der Waals surface area contributed by atoms with Gasteiger partial charge in [-0.15, -0.1) is 0 Å². The molecule has 0 aliphatic carbocycles. The Hall–Kier alpha value is -1.65. The Morgan fingerprint density at radius 3 is 2.32 bits per heavy atom. The summed E-state index contributed by atoms with van der Waals surface area (Å²) in [5.41, 5.74) is 2.73. The summed E-state index contributed by atoms with van der Waals surface area (Å²) < 4.78 is 26.8. The summed E-state index contributed by atoms with van der Waals surface area (Å²) in [5, 5.41) is 0. The first kappa shape index (κ1) is 13.8. The lowest BCUT2D eigenvalue weighted by molar-refractivity contribution is 0.581. The molecule has 0 saturated heterocycles. The molecule has 0 heterocycles. The molecule has 0 amide bonds. The predicted octanol–water partition coefficient (Wildman–Crippen LogP) is 2.66. The molecule has 4 heteroatoms. The van der Waals surface area contributed by atoms with Crippen LogP contribution in [0.4, 0.5) is 0 Å². The molecule has 1 N–H and O–H groups in total. The summed E-state index contributed by atoms with van der Waals surface area (Å²) in [4.78, 5) is 0.277. The van der Waals surface area contributed by atoms with Gasteiger partial charge in [0.2, 0.25) is 10.0 Å². The first-order valence-electron chi connectivity index (χ1n) is 5.95. The summed E-state index contributed by atoms with van der Waals surface area (Å²) in [6, 6.07) is 14.2. The number of sulfonamides is 1. The minimum absolute atomic E-state index is 0.246. The summed E-state index contributed by atoms with van der Waals surface area (Å²) in [7, 11) is -3.47. The number of rotatable bonds is 4. The van der Waals surface area contributed by atoms with Crippen LogP contribution in [-0.4, -0.2) is 8.42 Å². The van der Waals surface area contributed by atoms with Gasteiger partial charge in [0.25, 0.3) is 0 Å². The molecule has 1 radical (unpaired) electrons. The lowest BCUT2D eigenvalue weighted by Gasteiger charge is -2.09. The van der Waals surface area contributed by atoms with Crippen molar-refractivity contribution in [1.82, 2.24) is 4.72 Å². The van der Waals surface area contributed by atoms with Gasteiger partial charge in [-0.3, -0.25) is 0 Å². The summed E-state index contributed by atoms with van der Waals surface area (Å²) in [6.45, 7) is 6.04. The number of aryl methyl sites for hydroxylation is 1. The highest BCUT2D eigenvalue weighted by atomic mass is 32.2. The summed E-state index contributed by atoms with van der Waals surface area (Å²) >= 11 is 0. The van der Waals surface area contributed by atoms with E-state index in [1.54, 1.807) is 24.3 Å². The second-order valence-corrected chi connectivity index (χ2v) is 6.17. The molecule has 2 rings (SSSR count). The van der Waals surface area contributed by atoms with E-state index < -0.39 is 10.0 Å². The highest BCUT2D eigenvalue weighted by Crippen LogP contribution is 2.12. The number of hydrogen-bond acceptors (Lipinski definition) is 2. The normalized spacial score (nSPS) is 11.5. The second-order valence-electron chi connectivity index (χ2n) is 4.41. The van der Waals surface area contributed by atoms with Crippen molar-refractivity contribution in [2.24, 2.45) is 0 Å². The zero-order valence-corrected chi connectivity index (χ0v) is 11.6. The Balaban J connectivity index is 2.14. The van der Waals surface area contributed by atoms with Crippen molar-refractivity contribution in [3.63, 3.8) is 0 Å². The molecule has 0 aromatic heterocycles. The molecule has 0 aliphatic heterocycles. The van der Waals surface area contributed by atoms with Crippen molar-refractivity contribution in [2.75, 3.05) is 0 Å². The average Bonchev–Trinajstić information content (AvgIpc) is 2.38. The first-order chi connectivity index (χ1) is 8.99. The van der Waals surface area contributed by atoms with E-state index in [-0.39, 0.29) is 11.4 Å². The maximum absolute atomic E-state index is 12.1. The molecule has 0 spiro atoms. The van der Waals surface area contributed by atoms with Crippen LogP contribution in [0.25, 0.3) is 0 Å². The van der Waals surface area contributed by atoms with Crippen LogP contribution >= 0.6 is 0 Å². The van der Waals surface area contributed by atoms with Crippen molar-refractivity contribution in [3.8, 4) is 0 Å². The quantitative estimate of drug-likeness (QED) is 0.931. The van der Waals surface area contributed by atoms with E-state index in [0.29, 0.717) is 0 Å². The number of benzene rings is 2. The van der Waals surface area contributed by atoms with E-state index >= 15 is 0 Å². The van der Waals surface area contributed by atoms with Gasteiger partial charge in [-0.2, -0.15) is 0 Å². The standard InChI is InChI=1S/C15H16NO2S/c1-12-7-9-15(10-8-12)19(17,18)16-11-14-6-4-3-5-13(14)2/h3-10,16H,2,11H2,1H3. The van der Waals surface area contributed by atoms with Crippen molar-refractivity contribution in [3.05, 3.63) is 72.1 Å². The second kappa shape index (κ2) is 5.55. The smallest absolute Gasteiger partial charge is 0.207 e. The van der Waals surface area contributed by atoms with Crippen molar-refractivity contribution < 1.29 is 8.42 Å². The third-order valence-corrected chi connectivity index (χ3v) is 4.32. The highest BCUT2D eigenvalue weighted by molar-refractivity contribution is 7.89. The minimum Gasteiger partial charge on any atom is -0.207 e. The maximum atomic E-state index is 12.1. The van der Waals surface area contributed by atoms with Gasteiger partial charge < -0.3 is 0 Å². The third kappa shape index (κ3) is 3.43. The summed E-state index contributed by atoms with van der Waals surface area (Å²) in [6.07, 6.45) is 0. The maximum Gasteiger partial charge on any atom is 0.240 e. The van der Waals surface area contributed by atoms with E-state index in [9.17, 15) is 8.42 Å². The topological polar surface area (TPSA) is 46.2 Å². The van der Waals surface area contributed by atoms with Gasteiger partial charge in [-0.25, -0.2) is 13.1 Å². The molecule has 0 unspecified atom stereocenters. The molecule has 19 heavy (non-hydrogen) atoms. The first-order valence-corrected chi connectivity index (χ1v) is 7.43. The van der Waals surface area contributed by atoms with E-state index in [1.807, 2.05) is 31.2 Å². The third-order valence-electron chi connectivity index (χ3n) is 2.90. The fourth-order valence-electron chi connectivity index (χ4n) is 1.70. The zero-order valence-electron chi connectivity index (χ0n) is 10.8. The largest absolute Gasteiger partial charge is 0.240 e. The van der Waals surface area contributed by atoms with Crippen LogP contribution in [-0.2, 0) is 16.6 Å². The monoisotopic (exact) mass is 274 g/mol. The van der Waals surface area contributed by atoms with Crippen molar-refractivity contribution >= 4 is 10.0 Å². The van der Waals surface area contributed by atoms with Crippen LogP contribution in [0.3, 0.4) is 0 Å². The van der Waals surface area contributed by atoms with Gasteiger partial charge >= 0.3 is 0 Å². The molecule has 0 atom stereocenters. The zero-order chi connectivity index (χ0) is 13.9. The Morgan fingerprint density at radius 1 is 1.05 bits per heavy atom. The molecule has 0 fully saturated rings. The van der Waals surface area contributed by atoms with Crippen LogP contribution in [0.2, 0.25) is 0 Å². The lowest BCUT2D eigenvalue weighted by atomic mass is 10.1. The molecule has 2 aromatic carbocycles.